The zero-order valence-corrected chi connectivity index (χ0v) is 10.3. The van der Waals surface area contributed by atoms with Crippen LogP contribution in [0.3, 0.4) is 0 Å². The molecule has 0 aromatic carbocycles. The number of alkyl halides is 1. The molecular formula is C10H19BrO2. The Balaban J connectivity index is 4.16. The molecule has 0 radical (unpaired) electrons. The van der Waals surface area contributed by atoms with Crippen LogP contribution in [0.4, 0.5) is 0 Å². The summed E-state index contributed by atoms with van der Waals surface area (Å²) in [5, 5.41) is 0. The van der Waals surface area contributed by atoms with Crippen molar-refractivity contribution in [3.8, 4) is 0 Å². The van der Waals surface area contributed by atoms with Crippen LogP contribution in [-0.4, -0.2) is 16.9 Å². The maximum Gasteiger partial charge on any atom is 0.322 e. The van der Waals surface area contributed by atoms with E-state index in [-0.39, 0.29) is 5.97 Å². The number of halogens is 1. The predicted molar refractivity (Wildman–Crippen MR) is 58.1 cm³/mol. The molecule has 0 saturated heterocycles. The molecule has 0 fully saturated rings. The highest BCUT2D eigenvalue weighted by molar-refractivity contribution is 9.10. The van der Waals surface area contributed by atoms with E-state index in [0.29, 0.717) is 6.61 Å². The van der Waals surface area contributed by atoms with Gasteiger partial charge in [-0.15, -0.1) is 0 Å². The van der Waals surface area contributed by atoms with E-state index < -0.39 is 4.32 Å². The van der Waals surface area contributed by atoms with Gasteiger partial charge in [0.15, 0.2) is 0 Å². The highest BCUT2D eigenvalue weighted by Gasteiger charge is 2.34. The third kappa shape index (κ3) is 4.12. The maximum absolute atomic E-state index is 11.5. The summed E-state index contributed by atoms with van der Waals surface area (Å²) in [4.78, 5) is 11.5. The van der Waals surface area contributed by atoms with Crippen LogP contribution in [0.5, 0.6) is 0 Å². The van der Waals surface area contributed by atoms with Gasteiger partial charge in [0.1, 0.15) is 4.32 Å². The smallest absolute Gasteiger partial charge is 0.322 e. The lowest BCUT2D eigenvalue weighted by atomic mass is 9.99. The number of hydrogen-bond donors (Lipinski definition) is 0. The molecule has 0 aliphatic carbocycles. The van der Waals surface area contributed by atoms with Crippen molar-refractivity contribution < 1.29 is 9.53 Å². The molecule has 0 aromatic rings. The highest BCUT2D eigenvalue weighted by atomic mass is 79.9. The van der Waals surface area contributed by atoms with Gasteiger partial charge in [-0.3, -0.25) is 4.79 Å². The third-order valence-corrected chi connectivity index (χ3v) is 3.41. The van der Waals surface area contributed by atoms with E-state index in [1.807, 2.05) is 13.8 Å². The Kier molecular flexibility index (Phi) is 6.39. The molecule has 0 saturated carbocycles. The Labute approximate surface area is 89.2 Å². The molecule has 1 atom stereocenters. The van der Waals surface area contributed by atoms with Crippen molar-refractivity contribution in [2.45, 2.75) is 50.8 Å². The number of rotatable bonds is 6. The summed E-state index contributed by atoms with van der Waals surface area (Å²) >= 11 is 3.48. The summed E-state index contributed by atoms with van der Waals surface area (Å²) in [5.74, 6) is -0.119. The molecule has 0 N–H and O–H groups in total. The summed E-state index contributed by atoms with van der Waals surface area (Å²) in [5.41, 5.74) is 0. The quantitative estimate of drug-likeness (QED) is 0.535. The van der Waals surface area contributed by atoms with Crippen LogP contribution in [-0.2, 0) is 9.53 Å². The molecule has 13 heavy (non-hydrogen) atoms. The summed E-state index contributed by atoms with van der Waals surface area (Å²) in [6.07, 6.45) is 3.80. The first-order valence-electron chi connectivity index (χ1n) is 4.96. The van der Waals surface area contributed by atoms with Crippen molar-refractivity contribution >= 4 is 21.9 Å². The molecule has 0 unspecified atom stereocenters. The van der Waals surface area contributed by atoms with Crippen molar-refractivity contribution in [3.63, 3.8) is 0 Å². The van der Waals surface area contributed by atoms with Crippen LogP contribution in [0.2, 0.25) is 0 Å². The van der Waals surface area contributed by atoms with Gasteiger partial charge in [0.05, 0.1) is 6.61 Å². The molecule has 0 aliphatic heterocycles. The minimum absolute atomic E-state index is 0.119. The lowest BCUT2D eigenvalue weighted by molar-refractivity contribution is -0.146. The zero-order chi connectivity index (χ0) is 10.3. The fourth-order valence-corrected chi connectivity index (χ4v) is 1.54. The Bertz CT molecular complexity index is 159. The number of unbranched alkanes of at least 4 members (excludes halogenated alkanes) is 1. The molecule has 0 amide bonds. The molecule has 78 valence electrons. The van der Waals surface area contributed by atoms with Gasteiger partial charge in [-0.25, -0.2) is 0 Å². The maximum atomic E-state index is 11.5. The Morgan fingerprint density at radius 1 is 1.38 bits per heavy atom. The average molecular weight is 251 g/mol. The number of esters is 1. The summed E-state index contributed by atoms with van der Waals surface area (Å²) in [7, 11) is 0. The highest BCUT2D eigenvalue weighted by Crippen LogP contribution is 2.30. The van der Waals surface area contributed by atoms with Gasteiger partial charge in [0.25, 0.3) is 0 Å². The van der Waals surface area contributed by atoms with Crippen molar-refractivity contribution in [2.24, 2.45) is 0 Å². The summed E-state index contributed by atoms with van der Waals surface area (Å²) in [6.45, 7) is 6.41. The minimum atomic E-state index is -0.445. The first-order valence-corrected chi connectivity index (χ1v) is 5.76. The van der Waals surface area contributed by atoms with Crippen LogP contribution in [0.1, 0.15) is 46.5 Å². The van der Waals surface area contributed by atoms with Gasteiger partial charge >= 0.3 is 5.97 Å². The Morgan fingerprint density at radius 2 is 2.00 bits per heavy atom. The number of carbonyl (C=O) groups is 1. The average Bonchev–Trinajstić information content (AvgIpc) is 2.14. The molecular weight excluding hydrogens is 232 g/mol. The number of ether oxygens (including phenoxy) is 1. The number of carbonyl (C=O) groups excluding carboxylic acids is 1. The SMILES string of the molecule is CCCC[C@@](Br)(CC)C(=O)OCC. The molecule has 0 heterocycles. The lowest BCUT2D eigenvalue weighted by Gasteiger charge is -2.23. The van der Waals surface area contributed by atoms with Gasteiger partial charge in [0, 0.05) is 0 Å². The van der Waals surface area contributed by atoms with Gasteiger partial charge in [0.2, 0.25) is 0 Å². The molecule has 0 rings (SSSR count). The van der Waals surface area contributed by atoms with E-state index in [1.54, 1.807) is 0 Å². The second kappa shape index (κ2) is 6.41. The monoisotopic (exact) mass is 250 g/mol. The fraction of sp³-hybridized carbons (Fsp3) is 0.900. The lowest BCUT2D eigenvalue weighted by Crippen LogP contribution is -2.33. The van der Waals surface area contributed by atoms with Crippen LogP contribution in [0.25, 0.3) is 0 Å². The fourth-order valence-electron chi connectivity index (χ4n) is 1.14. The van der Waals surface area contributed by atoms with E-state index in [9.17, 15) is 4.79 Å². The molecule has 0 aromatic heterocycles. The predicted octanol–water partition coefficient (Wildman–Crippen LogP) is 3.28. The van der Waals surface area contributed by atoms with Gasteiger partial charge in [-0.2, -0.15) is 0 Å². The van der Waals surface area contributed by atoms with Crippen LogP contribution in [0, 0.1) is 0 Å². The normalized spacial score (nSPS) is 15.1. The first kappa shape index (κ1) is 12.9. The van der Waals surface area contributed by atoms with E-state index in [1.165, 1.54) is 0 Å². The second-order valence-electron chi connectivity index (χ2n) is 3.14. The van der Waals surface area contributed by atoms with E-state index in [2.05, 4.69) is 22.9 Å². The van der Waals surface area contributed by atoms with E-state index in [4.69, 9.17) is 4.74 Å². The standard InChI is InChI=1S/C10H19BrO2/c1-4-7-8-10(11,5-2)9(12)13-6-3/h4-8H2,1-3H3/t10-/m0/s1. The van der Waals surface area contributed by atoms with Gasteiger partial charge in [-0.05, 0) is 19.8 Å². The Hall–Kier alpha value is -0.0500. The Morgan fingerprint density at radius 3 is 2.38 bits per heavy atom. The number of hydrogen-bond acceptors (Lipinski definition) is 2. The van der Waals surface area contributed by atoms with Gasteiger partial charge < -0.3 is 4.74 Å². The van der Waals surface area contributed by atoms with Crippen molar-refractivity contribution in [1.29, 1.82) is 0 Å². The van der Waals surface area contributed by atoms with Crippen molar-refractivity contribution in [1.82, 2.24) is 0 Å². The minimum Gasteiger partial charge on any atom is -0.465 e. The summed E-state index contributed by atoms with van der Waals surface area (Å²) < 4.78 is 4.56. The first-order chi connectivity index (χ1) is 6.10. The molecule has 0 spiro atoms. The molecule has 0 bridgehead atoms. The van der Waals surface area contributed by atoms with Crippen LogP contribution >= 0.6 is 15.9 Å². The topological polar surface area (TPSA) is 26.3 Å². The molecule has 0 aliphatic rings. The third-order valence-electron chi connectivity index (χ3n) is 2.13. The zero-order valence-electron chi connectivity index (χ0n) is 8.73. The van der Waals surface area contributed by atoms with E-state index >= 15 is 0 Å². The molecule has 3 heteroatoms. The summed E-state index contributed by atoms with van der Waals surface area (Å²) in [6, 6.07) is 0. The van der Waals surface area contributed by atoms with Crippen LogP contribution in [0.15, 0.2) is 0 Å². The largest absolute Gasteiger partial charge is 0.465 e. The van der Waals surface area contributed by atoms with Crippen molar-refractivity contribution in [2.75, 3.05) is 6.61 Å². The van der Waals surface area contributed by atoms with E-state index in [0.717, 1.165) is 25.7 Å². The van der Waals surface area contributed by atoms with Crippen LogP contribution < -0.4 is 0 Å². The molecule has 2 nitrogen and oxygen atoms in total. The van der Waals surface area contributed by atoms with Gasteiger partial charge in [-0.1, -0.05) is 42.6 Å². The second-order valence-corrected chi connectivity index (χ2v) is 4.66. The van der Waals surface area contributed by atoms with Crippen molar-refractivity contribution in [3.05, 3.63) is 0 Å².